The van der Waals surface area contributed by atoms with Gasteiger partial charge in [0.25, 0.3) is 0 Å². The van der Waals surface area contributed by atoms with Crippen LogP contribution >= 0.6 is 0 Å². The second kappa shape index (κ2) is 7.46. The summed E-state index contributed by atoms with van der Waals surface area (Å²) in [4.78, 5) is 2.20. The van der Waals surface area contributed by atoms with Gasteiger partial charge >= 0.3 is 0 Å². The minimum Gasteiger partial charge on any atom is -0.364 e. The summed E-state index contributed by atoms with van der Waals surface area (Å²) in [5.41, 5.74) is 1.94. The number of nitrogens with zero attached hydrogens (tertiary/aromatic N) is 3. The number of hydrogen-bond donors (Lipinski definition) is 0. The number of hydrogen-bond acceptors (Lipinski definition) is 5. The summed E-state index contributed by atoms with van der Waals surface area (Å²) in [5.74, 6) is 0.143. The maximum Gasteiger partial charge on any atom is 0.214 e. The molecule has 1 aliphatic heterocycles. The predicted molar refractivity (Wildman–Crippen MR) is 92.0 cm³/mol. The standard InChI is InChI=1S/C17H23N3O3S/c1-15(16-5-3-2-4-6-16)14-24(21,22)20-10-8-19(9-11-20)13-17-7-12-23-18-17/h2-7,12,15H,8-11,13-14H2,1H3/t15-/m0/s1. The third-order valence-electron chi connectivity index (χ3n) is 4.43. The van der Waals surface area contributed by atoms with Crippen LogP contribution in [0.15, 0.2) is 47.2 Å². The fourth-order valence-corrected chi connectivity index (χ4v) is 4.77. The third kappa shape index (κ3) is 4.23. The molecule has 0 N–H and O–H groups in total. The van der Waals surface area contributed by atoms with Gasteiger partial charge in [-0.2, -0.15) is 4.31 Å². The molecule has 0 aliphatic carbocycles. The first-order valence-corrected chi connectivity index (χ1v) is 9.80. The van der Waals surface area contributed by atoms with E-state index in [0.29, 0.717) is 32.7 Å². The topological polar surface area (TPSA) is 66.7 Å². The molecular weight excluding hydrogens is 326 g/mol. The van der Waals surface area contributed by atoms with E-state index in [4.69, 9.17) is 4.52 Å². The Bertz CT molecular complexity index is 724. The molecule has 0 unspecified atom stereocenters. The molecule has 2 aromatic rings. The molecule has 6 nitrogen and oxygen atoms in total. The number of benzene rings is 1. The third-order valence-corrected chi connectivity index (χ3v) is 6.50. The van der Waals surface area contributed by atoms with E-state index >= 15 is 0 Å². The molecule has 0 radical (unpaired) electrons. The smallest absolute Gasteiger partial charge is 0.214 e. The lowest BCUT2D eigenvalue weighted by molar-refractivity contribution is 0.177. The lowest BCUT2D eigenvalue weighted by Gasteiger charge is -2.34. The highest BCUT2D eigenvalue weighted by Gasteiger charge is 2.28. The lowest BCUT2D eigenvalue weighted by Crippen LogP contribution is -2.49. The Morgan fingerprint density at radius 2 is 1.83 bits per heavy atom. The van der Waals surface area contributed by atoms with E-state index in [1.54, 1.807) is 10.6 Å². The zero-order chi connectivity index (χ0) is 17.0. The second-order valence-electron chi connectivity index (χ2n) is 6.26. The number of rotatable bonds is 6. The molecule has 24 heavy (non-hydrogen) atoms. The summed E-state index contributed by atoms with van der Waals surface area (Å²) in [7, 11) is -3.24. The monoisotopic (exact) mass is 349 g/mol. The van der Waals surface area contributed by atoms with Gasteiger partial charge in [-0.1, -0.05) is 42.4 Å². The van der Waals surface area contributed by atoms with Crippen LogP contribution in [0, 0.1) is 0 Å². The summed E-state index contributed by atoms with van der Waals surface area (Å²) < 4.78 is 31.8. The van der Waals surface area contributed by atoms with Gasteiger partial charge in [0.05, 0.1) is 11.4 Å². The molecular formula is C17H23N3O3S. The van der Waals surface area contributed by atoms with Crippen LogP contribution in [0.5, 0.6) is 0 Å². The summed E-state index contributed by atoms with van der Waals surface area (Å²) in [5, 5.41) is 3.90. The Morgan fingerprint density at radius 3 is 2.46 bits per heavy atom. The van der Waals surface area contributed by atoms with Crippen LogP contribution in [0.2, 0.25) is 0 Å². The Kier molecular flexibility index (Phi) is 5.33. The van der Waals surface area contributed by atoms with Crippen molar-refractivity contribution in [3.63, 3.8) is 0 Å². The minimum atomic E-state index is -3.24. The second-order valence-corrected chi connectivity index (χ2v) is 8.27. The minimum absolute atomic E-state index is 0.00985. The number of piperazine rings is 1. The fraction of sp³-hybridized carbons (Fsp3) is 0.471. The van der Waals surface area contributed by atoms with Gasteiger partial charge in [-0.3, -0.25) is 4.90 Å². The van der Waals surface area contributed by atoms with E-state index in [9.17, 15) is 8.42 Å². The average Bonchev–Trinajstić information content (AvgIpc) is 3.09. The van der Waals surface area contributed by atoms with Crippen molar-refractivity contribution in [3.05, 3.63) is 53.9 Å². The van der Waals surface area contributed by atoms with E-state index in [-0.39, 0.29) is 11.7 Å². The molecule has 0 saturated carbocycles. The molecule has 1 fully saturated rings. The van der Waals surface area contributed by atoms with Crippen molar-refractivity contribution in [1.82, 2.24) is 14.4 Å². The summed E-state index contributed by atoms with van der Waals surface area (Å²) in [6.45, 7) is 5.15. The predicted octanol–water partition coefficient (Wildman–Crippen LogP) is 1.93. The van der Waals surface area contributed by atoms with E-state index in [0.717, 1.165) is 11.3 Å². The van der Waals surface area contributed by atoms with E-state index < -0.39 is 10.0 Å². The molecule has 1 saturated heterocycles. The van der Waals surface area contributed by atoms with Crippen molar-refractivity contribution in [2.75, 3.05) is 31.9 Å². The van der Waals surface area contributed by atoms with Crippen molar-refractivity contribution in [1.29, 1.82) is 0 Å². The number of aromatic nitrogens is 1. The van der Waals surface area contributed by atoms with Crippen LogP contribution < -0.4 is 0 Å². The summed E-state index contributed by atoms with van der Waals surface area (Å²) >= 11 is 0. The van der Waals surface area contributed by atoms with Gasteiger partial charge in [-0.25, -0.2) is 8.42 Å². The SMILES string of the molecule is C[C@@H](CS(=O)(=O)N1CCN(Cc2ccon2)CC1)c1ccccc1. The van der Waals surface area contributed by atoms with Crippen LogP contribution in [0.1, 0.15) is 24.1 Å². The highest BCUT2D eigenvalue weighted by molar-refractivity contribution is 7.89. The van der Waals surface area contributed by atoms with Gasteiger partial charge in [0.15, 0.2) is 0 Å². The average molecular weight is 349 g/mol. The molecule has 0 bridgehead atoms. The van der Waals surface area contributed by atoms with E-state index in [1.807, 2.05) is 43.3 Å². The molecule has 0 spiro atoms. The molecule has 3 rings (SSSR count). The Hall–Kier alpha value is -1.70. The first-order valence-electron chi connectivity index (χ1n) is 8.19. The first kappa shape index (κ1) is 17.1. The van der Waals surface area contributed by atoms with Gasteiger partial charge in [-0.05, 0) is 11.5 Å². The van der Waals surface area contributed by atoms with Crippen molar-refractivity contribution in [2.24, 2.45) is 0 Å². The first-order chi connectivity index (χ1) is 11.5. The van der Waals surface area contributed by atoms with E-state index in [1.165, 1.54) is 0 Å². The maximum atomic E-state index is 12.7. The van der Waals surface area contributed by atoms with Gasteiger partial charge in [0.2, 0.25) is 10.0 Å². The Balaban J connectivity index is 1.54. The molecule has 1 aliphatic rings. The molecule has 1 aromatic carbocycles. The van der Waals surface area contributed by atoms with Gasteiger partial charge in [-0.15, -0.1) is 0 Å². The molecule has 1 aromatic heterocycles. The van der Waals surface area contributed by atoms with Crippen LogP contribution in [0.4, 0.5) is 0 Å². The van der Waals surface area contributed by atoms with Crippen LogP contribution in [-0.2, 0) is 16.6 Å². The molecule has 1 atom stereocenters. The summed E-state index contributed by atoms with van der Waals surface area (Å²) in [6, 6.07) is 11.6. The fourth-order valence-electron chi connectivity index (χ4n) is 3.01. The lowest BCUT2D eigenvalue weighted by atomic mass is 10.0. The van der Waals surface area contributed by atoms with Crippen LogP contribution in [-0.4, -0.2) is 54.7 Å². The Morgan fingerprint density at radius 1 is 1.12 bits per heavy atom. The number of sulfonamides is 1. The highest BCUT2D eigenvalue weighted by atomic mass is 32.2. The van der Waals surface area contributed by atoms with Gasteiger partial charge in [0.1, 0.15) is 6.26 Å². The van der Waals surface area contributed by atoms with Crippen LogP contribution in [0.25, 0.3) is 0 Å². The normalized spacial score (nSPS) is 18.5. The summed E-state index contributed by atoms with van der Waals surface area (Å²) in [6.07, 6.45) is 1.56. The largest absolute Gasteiger partial charge is 0.364 e. The van der Waals surface area contributed by atoms with Gasteiger partial charge in [0, 0.05) is 38.8 Å². The van der Waals surface area contributed by atoms with Crippen molar-refractivity contribution >= 4 is 10.0 Å². The van der Waals surface area contributed by atoms with Crippen molar-refractivity contribution in [3.8, 4) is 0 Å². The highest BCUT2D eigenvalue weighted by Crippen LogP contribution is 2.20. The zero-order valence-electron chi connectivity index (χ0n) is 13.8. The van der Waals surface area contributed by atoms with E-state index in [2.05, 4.69) is 10.1 Å². The van der Waals surface area contributed by atoms with Gasteiger partial charge < -0.3 is 4.52 Å². The van der Waals surface area contributed by atoms with Crippen molar-refractivity contribution < 1.29 is 12.9 Å². The molecule has 0 amide bonds. The zero-order valence-corrected chi connectivity index (χ0v) is 14.7. The maximum absolute atomic E-state index is 12.7. The van der Waals surface area contributed by atoms with Crippen LogP contribution in [0.3, 0.4) is 0 Å². The molecule has 130 valence electrons. The molecule has 7 heteroatoms. The Labute approximate surface area is 143 Å². The van der Waals surface area contributed by atoms with Crippen molar-refractivity contribution in [2.45, 2.75) is 19.4 Å². The quantitative estimate of drug-likeness (QED) is 0.797. The molecule has 2 heterocycles.